The minimum atomic E-state index is -1.85. The molecule has 2 aromatic rings. The van der Waals surface area contributed by atoms with Crippen molar-refractivity contribution in [1.29, 1.82) is 0 Å². The van der Waals surface area contributed by atoms with E-state index in [0.717, 1.165) is 19.3 Å². The maximum absolute atomic E-state index is 13.0. The van der Waals surface area contributed by atoms with Gasteiger partial charge in [-0.3, -0.25) is 4.79 Å². The number of carbonyl (C=O) groups is 2. The van der Waals surface area contributed by atoms with Crippen molar-refractivity contribution in [2.75, 3.05) is 5.32 Å². The van der Waals surface area contributed by atoms with Gasteiger partial charge >= 0.3 is 5.97 Å². The highest BCUT2D eigenvalue weighted by Crippen LogP contribution is 2.41. The molecular formula is C18H21N3O5. The van der Waals surface area contributed by atoms with Gasteiger partial charge in [0.1, 0.15) is 0 Å². The molecule has 1 saturated carbocycles. The summed E-state index contributed by atoms with van der Waals surface area (Å²) in [5.74, 6) is -1.67. The molecule has 1 aliphatic rings. The molecular weight excluding hydrogens is 338 g/mol. The van der Waals surface area contributed by atoms with E-state index in [0.29, 0.717) is 18.4 Å². The Morgan fingerprint density at radius 1 is 1.27 bits per heavy atom. The predicted octanol–water partition coefficient (Wildman–Crippen LogP) is 2.40. The fourth-order valence-corrected chi connectivity index (χ4v) is 3.34. The van der Waals surface area contributed by atoms with E-state index in [-0.39, 0.29) is 23.5 Å². The van der Waals surface area contributed by atoms with Crippen LogP contribution in [0.15, 0.2) is 35.4 Å². The van der Waals surface area contributed by atoms with Crippen molar-refractivity contribution in [3.05, 3.63) is 36.5 Å². The van der Waals surface area contributed by atoms with E-state index in [2.05, 4.69) is 15.3 Å². The molecule has 2 N–H and O–H groups in total. The van der Waals surface area contributed by atoms with Gasteiger partial charge in [0.15, 0.2) is 11.4 Å². The van der Waals surface area contributed by atoms with Crippen LogP contribution >= 0.6 is 0 Å². The number of furan rings is 1. The highest BCUT2D eigenvalue weighted by molar-refractivity contribution is 5.90. The van der Waals surface area contributed by atoms with Gasteiger partial charge in [0.25, 0.3) is 5.88 Å². The second-order valence-corrected chi connectivity index (χ2v) is 6.39. The molecule has 0 radical (unpaired) electrons. The van der Waals surface area contributed by atoms with Gasteiger partial charge in [-0.2, -0.15) is 0 Å². The standard InChI is InChI=1S/C18H21N3O5/c1-12(22)21-15-16(20-9-8-19-15)26-17(23)18(24,14-7-10-25-11-14)13-5-3-2-4-6-13/h7-11,13,24H,2-6H2,1H3,(H,19,21,22)/t18-/m1/s1. The van der Waals surface area contributed by atoms with Crippen molar-refractivity contribution >= 4 is 17.7 Å². The number of amides is 1. The molecule has 1 atom stereocenters. The molecule has 26 heavy (non-hydrogen) atoms. The summed E-state index contributed by atoms with van der Waals surface area (Å²) in [6.45, 7) is 1.31. The zero-order valence-electron chi connectivity index (χ0n) is 14.5. The molecule has 1 fully saturated rings. The van der Waals surface area contributed by atoms with Crippen molar-refractivity contribution < 1.29 is 23.8 Å². The van der Waals surface area contributed by atoms with Crippen molar-refractivity contribution in [3.8, 4) is 5.88 Å². The van der Waals surface area contributed by atoms with Crippen molar-refractivity contribution in [2.45, 2.75) is 44.6 Å². The Kier molecular flexibility index (Phi) is 5.32. The minimum absolute atomic E-state index is 0.0199. The summed E-state index contributed by atoms with van der Waals surface area (Å²) >= 11 is 0. The summed E-state index contributed by atoms with van der Waals surface area (Å²) in [4.78, 5) is 32.2. The van der Waals surface area contributed by atoms with E-state index < -0.39 is 11.6 Å². The smallest absolute Gasteiger partial charge is 0.350 e. The monoisotopic (exact) mass is 359 g/mol. The second kappa shape index (κ2) is 7.65. The quantitative estimate of drug-likeness (QED) is 0.788. The van der Waals surface area contributed by atoms with E-state index >= 15 is 0 Å². The van der Waals surface area contributed by atoms with Gasteiger partial charge in [-0.15, -0.1) is 0 Å². The first kappa shape index (κ1) is 18.1. The van der Waals surface area contributed by atoms with E-state index in [1.54, 1.807) is 6.07 Å². The Hall–Kier alpha value is -2.74. The van der Waals surface area contributed by atoms with Crippen LogP contribution in [-0.4, -0.2) is 27.0 Å². The van der Waals surface area contributed by atoms with Crippen LogP contribution in [0.2, 0.25) is 0 Å². The number of esters is 1. The SMILES string of the molecule is CC(=O)Nc1nccnc1OC(=O)[C@](O)(c1ccoc1)C1CCCCC1. The van der Waals surface area contributed by atoms with Gasteiger partial charge in [0.2, 0.25) is 5.91 Å². The topological polar surface area (TPSA) is 115 Å². The first-order valence-electron chi connectivity index (χ1n) is 8.57. The van der Waals surface area contributed by atoms with E-state index in [4.69, 9.17) is 9.15 Å². The zero-order chi connectivity index (χ0) is 18.6. The van der Waals surface area contributed by atoms with Crippen LogP contribution in [0.5, 0.6) is 5.88 Å². The summed E-state index contributed by atoms with van der Waals surface area (Å²) in [5, 5.41) is 13.8. The van der Waals surface area contributed by atoms with Gasteiger partial charge in [0, 0.05) is 30.8 Å². The highest BCUT2D eigenvalue weighted by atomic mass is 16.6. The molecule has 2 heterocycles. The van der Waals surface area contributed by atoms with Crippen molar-refractivity contribution in [2.24, 2.45) is 5.92 Å². The summed E-state index contributed by atoms with van der Waals surface area (Å²) in [7, 11) is 0. The van der Waals surface area contributed by atoms with E-state index in [1.165, 1.54) is 31.8 Å². The number of nitrogens with one attached hydrogen (secondary N) is 1. The average molecular weight is 359 g/mol. The first-order chi connectivity index (χ1) is 12.5. The third-order valence-electron chi connectivity index (χ3n) is 4.62. The molecule has 0 aromatic carbocycles. The van der Waals surface area contributed by atoms with Gasteiger partial charge in [-0.1, -0.05) is 19.3 Å². The Morgan fingerprint density at radius 2 is 2.00 bits per heavy atom. The molecule has 0 spiro atoms. The number of aromatic nitrogens is 2. The summed E-state index contributed by atoms with van der Waals surface area (Å²) in [6, 6.07) is 1.56. The van der Waals surface area contributed by atoms with Crippen molar-refractivity contribution in [3.63, 3.8) is 0 Å². The van der Waals surface area contributed by atoms with Crippen LogP contribution in [0.3, 0.4) is 0 Å². The van der Waals surface area contributed by atoms with Gasteiger partial charge in [-0.05, 0) is 18.9 Å². The lowest BCUT2D eigenvalue weighted by Gasteiger charge is -2.35. The number of hydrogen-bond donors (Lipinski definition) is 2. The maximum atomic E-state index is 13.0. The number of hydrogen-bond acceptors (Lipinski definition) is 7. The predicted molar refractivity (Wildman–Crippen MR) is 91.2 cm³/mol. The Balaban J connectivity index is 1.91. The molecule has 8 nitrogen and oxygen atoms in total. The summed E-state index contributed by atoms with van der Waals surface area (Å²) < 4.78 is 10.4. The molecule has 0 aliphatic heterocycles. The molecule has 138 valence electrons. The largest absolute Gasteiger partial charge is 0.472 e. The lowest BCUT2D eigenvalue weighted by molar-refractivity contribution is -0.165. The fraction of sp³-hybridized carbons (Fsp3) is 0.444. The molecule has 1 aliphatic carbocycles. The molecule has 1 amide bonds. The average Bonchev–Trinajstić information content (AvgIpc) is 3.18. The molecule has 3 rings (SSSR count). The Bertz CT molecular complexity index is 771. The minimum Gasteiger partial charge on any atom is -0.472 e. The normalized spacial score (nSPS) is 17.3. The van der Waals surface area contributed by atoms with Crippen LogP contribution < -0.4 is 10.1 Å². The summed E-state index contributed by atoms with van der Waals surface area (Å²) in [5.41, 5.74) is -1.50. The number of anilines is 1. The van der Waals surface area contributed by atoms with Crippen LogP contribution in [-0.2, 0) is 15.2 Å². The number of ether oxygens (including phenoxy) is 1. The first-order valence-corrected chi connectivity index (χ1v) is 8.57. The molecule has 8 heteroatoms. The van der Waals surface area contributed by atoms with E-state index in [1.807, 2.05) is 0 Å². The van der Waals surface area contributed by atoms with E-state index in [9.17, 15) is 14.7 Å². The lowest BCUT2D eigenvalue weighted by Crippen LogP contribution is -2.46. The maximum Gasteiger partial charge on any atom is 0.350 e. The Morgan fingerprint density at radius 3 is 2.65 bits per heavy atom. The van der Waals surface area contributed by atoms with Crippen molar-refractivity contribution in [1.82, 2.24) is 9.97 Å². The molecule has 2 aromatic heterocycles. The number of nitrogens with zero attached hydrogens (tertiary/aromatic N) is 2. The highest BCUT2D eigenvalue weighted by Gasteiger charge is 2.48. The summed E-state index contributed by atoms with van der Waals surface area (Å²) in [6.07, 6.45) is 9.80. The van der Waals surface area contributed by atoms with Crippen LogP contribution in [0.4, 0.5) is 5.82 Å². The number of aliphatic hydroxyl groups is 1. The third-order valence-corrected chi connectivity index (χ3v) is 4.62. The Labute approximate surface area is 150 Å². The molecule has 0 unspecified atom stereocenters. The molecule has 0 bridgehead atoms. The van der Waals surface area contributed by atoms with Gasteiger partial charge in [0.05, 0.1) is 12.5 Å². The van der Waals surface area contributed by atoms with Gasteiger partial charge < -0.3 is 19.6 Å². The van der Waals surface area contributed by atoms with Crippen LogP contribution in [0.25, 0.3) is 0 Å². The van der Waals surface area contributed by atoms with Gasteiger partial charge in [-0.25, -0.2) is 14.8 Å². The van der Waals surface area contributed by atoms with Crippen LogP contribution in [0, 0.1) is 5.92 Å². The third kappa shape index (κ3) is 3.60. The lowest BCUT2D eigenvalue weighted by atomic mass is 9.74. The fourth-order valence-electron chi connectivity index (χ4n) is 3.34. The second-order valence-electron chi connectivity index (χ2n) is 6.39. The zero-order valence-corrected chi connectivity index (χ0v) is 14.5. The number of carbonyl (C=O) groups excluding carboxylic acids is 2. The number of rotatable bonds is 5. The van der Waals surface area contributed by atoms with Crippen LogP contribution in [0.1, 0.15) is 44.6 Å². The molecule has 0 saturated heterocycles.